The van der Waals surface area contributed by atoms with Crippen LogP contribution >= 0.6 is 0 Å². The molecule has 0 radical (unpaired) electrons. The summed E-state index contributed by atoms with van der Waals surface area (Å²) < 4.78 is 12.7. The second kappa shape index (κ2) is 4.26. The minimum Gasteiger partial charge on any atom is -0.507 e. The fraction of sp³-hybridized carbons (Fsp3) is 0.333. The molecule has 0 saturated carbocycles. The SMILES string of the molecule is CNCC(O)c1cc(O)c(F)cc1O. The molecule has 14 heavy (non-hydrogen) atoms. The van der Waals surface area contributed by atoms with Crippen molar-refractivity contribution in [2.45, 2.75) is 6.10 Å². The summed E-state index contributed by atoms with van der Waals surface area (Å²) in [6.07, 6.45) is -0.980. The van der Waals surface area contributed by atoms with E-state index < -0.39 is 17.7 Å². The van der Waals surface area contributed by atoms with Crippen LogP contribution < -0.4 is 5.32 Å². The third kappa shape index (κ3) is 2.12. The molecule has 0 spiro atoms. The summed E-state index contributed by atoms with van der Waals surface area (Å²) in [6, 6.07) is 1.77. The molecule has 5 heteroatoms. The molecular formula is C9H12FNO3. The van der Waals surface area contributed by atoms with Gasteiger partial charge < -0.3 is 20.6 Å². The number of nitrogens with one attached hydrogen (secondary N) is 1. The number of hydrogen-bond acceptors (Lipinski definition) is 4. The van der Waals surface area contributed by atoms with Crippen LogP contribution in [-0.2, 0) is 0 Å². The third-order valence-corrected chi connectivity index (χ3v) is 1.85. The van der Waals surface area contributed by atoms with Gasteiger partial charge in [-0.3, -0.25) is 0 Å². The van der Waals surface area contributed by atoms with Gasteiger partial charge in [-0.25, -0.2) is 4.39 Å². The summed E-state index contributed by atoms with van der Waals surface area (Å²) in [5, 5.41) is 30.4. The van der Waals surface area contributed by atoms with E-state index in [1.165, 1.54) is 0 Å². The van der Waals surface area contributed by atoms with Gasteiger partial charge in [-0.05, 0) is 13.1 Å². The van der Waals surface area contributed by atoms with Gasteiger partial charge in [0, 0.05) is 18.2 Å². The fourth-order valence-electron chi connectivity index (χ4n) is 1.14. The normalized spacial score (nSPS) is 12.8. The molecule has 0 fully saturated rings. The summed E-state index contributed by atoms with van der Waals surface area (Å²) in [5.74, 6) is -1.88. The zero-order valence-corrected chi connectivity index (χ0v) is 7.66. The first-order valence-electron chi connectivity index (χ1n) is 4.10. The minimum absolute atomic E-state index is 0.0956. The Balaban J connectivity index is 3.02. The van der Waals surface area contributed by atoms with Crippen molar-refractivity contribution >= 4 is 0 Å². The van der Waals surface area contributed by atoms with E-state index >= 15 is 0 Å². The van der Waals surface area contributed by atoms with Gasteiger partial charge in [0.15, 0.2) is 11.6 Å². The maximum atomic E-state index is 12.7. The standard InChI is InChI=1S/C9H12FNO3/c1-11-4-9(14)5-2-8(13)6(10)3-7(5)12/h2-3,9,11-14H,4H2,1H3. The van der Waals surface area contributed by atoms with Crippen LogP contribution in [0.3, 0.4) is 0 Å². The molecule has 0 aliphatic rings. The van der Waals surface area contributed by atoms with Crippen LogP contribution in [0.25, 0.3) is 0 Å². The summed E-state index contributed by atoms with van der Waals surface area (Å²) in [4.78, 5) is 0. The molecule has 0 bridgehead atoms. The molecular weight excluding hydrogens is 189 g/mol. The van der Waals surface area contributed by atoms with Crippen molar-refractivity contribution in [1.82, 2.24) is 5.32 Å². The Kier molecular flexibility index (Phi) is 3.27. The first kappa shape index (κ1) is 10.7. The van der Waals surface area contributed by atoms with Gasteiger partial charge in [-0.2, -0.15) is 0 Å². The lowest BCUT2D eigenvalue weighted by Crippen LogP contribution is -2.16. The van der Waals surface area contributed by atoms with Gasteiger partial charge in [0.1, 0.15) is 5.75 Å². The number of aromatic hydroxyl groups is 2. The van der Waals surface area contributed by atoms with E-state index in [0.717, 1.165) is 12.1 Å². The van der Waals surface area contributed by atoms with Crippen LogP contribution in [0.15, 0.2) is 12.1 Å². The van der Waals surface area contributed by atoms with Crippen molar-refractivity contribution < 1.29 is 19.7 Å². The molecule has 4 N–H and O–H groups in total. The second-order valence-corrected chi connectivity index (χ2v) is 2.94. The Labute approximate surface area is 80.6 Å². The lowest BCUT2D eigenvalue weighted by molar-refractivity contribution is 0.173. The summed E-state index contributed by atoms with van der Waals surface area (Å²) in [7, 11) is 1.63. The van der Waals surface area contributed by atoms with Gasteiger partial charge in [0.25, 0.3) is 0 Å². The average Bonchev–Trinajstić information content (AvgIpc) is 2.11. The van der Waals surface area contributed by atoms with E-state index in [9.17, 15) is 14.6 Å². The maximum Gasteiger partial charge on any atom is 0.168 e. The quantitative estimate of drug-likeness (QED) is 0.537. The second-order valence-electron chi connectivity index (χ2n) is 2.94. The van der Waals surface area contributed by atoms with E-state index in [0.29, 0.717) is 0 Å². The highest BCUT2D eigenvalue weighted by atomic mass is 19.1. The number of phenols is 2. The maximum absolute atomic E-state index is 12.7. The molecule has 0 heterocycles. The molecule has 0 amide bonds. The lowest BCUT2D eigenvalue weighted by Gasteiger charge is -2.12. The van der Waals surface area contributed by atoms with Crippen LogP contribution in [0.5, 0.6) is 11.5 Å². The molecule has 0 aromatic heterocycles. The predicted octanol–water partition coefficient (Wildman–Crippen LogP) is 0.490. The Hall–Kier alpha value is -1.33. The fourth-order valence-corrected chi connectivity index (χ4v) is 1.14. The van der Waals surface area contributed by atoms with E-state index in [1.54, 1.807) is 7.05 Å². The largest absolute Gasteiger partial charge is 0.507 e. The molecule has 1 unspecified atom stereocenters. The molecule has 78 valence electrons. The predicted molar refractivity (Wildman–Crippen MR) is 48.6 cm³/mol. The summed E-state index contributed by atoms with van der Waals surface area (Å²) in [5.41, 5.74) is 0.0956. The van der Waals surface area contributed by atoms with Crippen molar-refractivity contribution in [3.63, 3.8) is 0 Å². The lowest BCUT2D eigenvalue weighted by atomic mass is 10.1. The van der Waals surface area contributed by atoms with Crippen molar-refractivity contribution in [2.24, 2.45) is 0 Å². The minimum atomic E-state index is -0.980. The van der Waals surface area contributed by atoms with E-state index in [2.05, 4.69) is 5.32 Å². The summed E-state index contributed by atoms with van der Waals surface area (Å²) in [6.45, 7) is 0.207. The van der Waals surface area contributed by atoms with Crippen molar-refractivity contribution in [3.8, 4) is 11.5 Å². The first-order chi connectivity index (χ1) is 6.56. The molecule has 1 atom stereocenters. The van der Waals surface area contributed by atoms with Gasteiger partial charge in [-0.15, -0.1) is 0 Å². The van der Waals surface area contributed by atoms with Crippen LogP contribution in [0.2, 0.25) is 0 Å². The number of phenolic OH excluding ortho intramolecular Hbond substituents is 2. The van der Waals surface area contributed by atoms with Gasteiger partial charge in [0.05, 0.1) is 6.10 Å². The Morgan fingerprint density at radius 3 is 2.57 bits per heavy atom. The Morgan fingerprint density at radius 2 is 2.00 bits per heavy atom. The van der Waals surface area contributed by atoms with E-state index in [-0.39, 0.29) is 17.9 Å². The number of aliphatic hydroxyl groups is 1. The molecule has 1 rings (SSSR count). The number of aliphatic hydroxyl groups excluding tert-OH is 1. The van der Waals surface area contributed by atoms with Crippen LogP contribution in [0, 0.1) is 5.82 Å². The van der Waals surface area contributed by atoms with Gasteiger partial charge in [-0.1, -0.05) is 0 Å². The summed E-state index contributed by atoms with van der Waals surface area (Å²) >= 11 is 0. The Bertz CT molecular complexity index is 330. The highest BCUT2D eigenvalue weighted by molar-refractivity contribution is 5.41. The van der Waals surface area contributed by atoms with Crippen molar-refractivity contribution in [1.29, 1.82) is 0 Å². The number of halogens is 1. The van der Waals surface area contributed by atoms with Gasteiger partial charge >= 0.3 is 0 Å². The zero-order chi connectivity index (χ0) is 10.7. The molecule has 1 aromatic rings. The third-order valence-electron chi connectivity index (χ3n) is 1.85. The van der Waals surface area contributed by atoms with E-state index in [4.69, 9.17) is 5.11 Å². The smallest absolute Gasteiger partial charge is 0.168 e. The zero-order valence-electron chi connectivity index (χ0n) is 7.66. The molecule has 0 aliphatic carbocycles. The number of likely N-dealkylation sites (N-methyl/N-ethyl adjacent to an activating group) is 1. The average molecular weight is 201 g/mol. The van der Waals surface area contributed by atoms with E-state index in [1.807, 2.05) is 0 Å². The van der Waals surface area contributed by atoms with Crippen molar-refractivity contribution in [2.75, 3.05) is 13.6 Å². The molecule has 4 nitrogen and oxygen atoms in total. The van der Waals surface area contributed by atoms with Crippen LogP contribution in [-0.4, -0.2) is 28.9 Å². The monoisotopic (exact) mass is 201 g/mol. The highest BCUT2D eigenvalue weighted by Crippen LogP contribution is 2.30. The first-order valence-corrected chi connectivity index (χ1v) is 4.10. The highest BCUT2D eigenvalue weighted by Gasteiger charge is 2.14. The van der Waals surface area contributed by atoms with Crippen molar-refractivity contribution in [3.05, 3.63) is 23.5 Å². The molecule has 0 saturated heterocycles. The topological polar surface area (TPSA) is 72.7 Å². The Morgan fingerprint density at radius 1 is 1.36 bits per heavy atom. The molecule has 1 aromatic carbocycles. The number of rotatable bonds is 3. The molecule has 0 aliphatic heterocycles. The number of hydrogen-bond donors (Lipinski definition) is 4. The van der Waals surface area contributed by atoms with Crippen LogP contribution in [0.1, 0.15) is 11.7 Å². The van der Waals surface area contributed by atoms with Crippen LogP contribution in [0.4, 0.5) is 4.39 Å². The van der Waals surface area contributed by atoms with Gasteiger partial charge in [0.2, 0.25) is 0 Å². The number of benzene rings is 1.